The van der Waals surface area contributed by atoms with Gasteiger partial charge in [-0.1, -0.05) is 12.1 Å². The maximum absolute atomic E-state index is 13.0. The third-order valence-electron chi connectivity index (χ3n) is 4.92. The normalized spacial score (nSPS) is 18.4. The Balaban J connectivity index is 1.85. The fraction of sp³-hybridized carbons (Fsp3) is 0.429. The van der Waals surface area contributed by atoms with E-state index in [4.69, 9.17) is 9.47 Å². The molecule has 1 aliphatic heterocycles. The van der Waals surface area contributed by atoms with Crippen molar-refractivity contribution < 1.29 is 33.8 Å². The monoisotopic (exact) mass is 386 g/mol. The zero-order valence-electron chi connectivity index (χ0n) is 15.9. The lowest BCUT2D eigenvalue weighted by molar-refractivity contribution is -0.158. The highest BCUT2D eigenvalue weighted by atomic mass is 16.7. The molecule has 7 nitrogen and oxygen atoms in total. The standard InChI is InChI=1S/C21H22O7/c1-12(22)10-16-14(7-6-13(23)11-21(2)27-8-9-28-21)20(26)18-15(19(16)25)4-3-5-17(18)24/h3-5,24H,6-11H2,1-2H3. The van der Waals surface area contributed by atoms with Crippen LogP contribution in [-0.4, -0.2) is 47.2 Å². The minimum Gasteiger partial charge on any atom is -0.507 e. The van der Waals surface area contributed by atoms with E-state index in [1.54, 1.807) is 6.92 Å². The first-order valence-electron chi connectivity index (χ1n) is 9.14. The molecule has 1 N–H and O–H groups in total. The van der Waals surface area contributed by atoms with Crippen LogP contribution >= 0.6 is 0 Å². The van der Waals surface area contributed by atoms with E-state index in [1.807, 2.05) is 0 Å². The minimum absolute atomic E-state index is 0.000989. The Bertz CT molecular complexity index is 888. The van der Waals surface area contributed by atoms with Crippen LogP contribution in [0.25, 0.3) is 0 Å². The Kier molecular flexibility index (Phi) is 5.58. The van der Waals surface area contributed by atoms with E-state index in [9.17, 15) is 24.3 Å². The predicted molar refractivity (Wildman–Crippen MR) is 98.3 cm³/mol. The number of Topliss-reactive ketones (excluding diaryl/α,β-unsaturated/α-hetero) is 4. The largest absolute Gasteiger partial charge is 0.507 e. The van der Waals surface area contributed by atoms with Gasteiger partial charge in [-0.3, -0.25) is 19.2 Å². The number of benzene rings is 1. The smallest absolute Gasteiger partial charge is 0.193 e. The van der Waals surface area contributed by atoms with Gasteiger partial charge in [-0.15, -0.1) is 0 Å². The van der Waals surface area contributed by atoms with E-state index in [0.717, 1.165) is 0 Å². The van der Waals surface area contributed by atoms with Crippen LogP contribution in [-0.2, 0) is 19.1 Å². The molecule has 0 spiro atoms. The van der Waals surface area contributed by atoms with Gasteiger partial charge in [0.05, 0.1) is 25.2 Å². The summed E-state index contributed by atoms with van der Waals surface area (Å²) in [6.07, 6.45) is -0.143. The van der Waals surface area contributed by atoms with E-state index in [2.05, 4.69) is 0 Å². The Labute approximate surface area is 162 Å². The Morgan fingerprint density at radius 3 is 2.43 bits per heavy atom. The summed E-state index contributed by atoms with van der Waals surface area (Å²) in [4.78, 5) is 49.8. The van der Waals surface area contributed by atoms with Crippen LogP contribution in [0.4, 0.5) is 0 Å². The van der Waals surface area contributed by atoms with Gasteiger partial charge in [0.25, 0.3) is 0 Å². The SMILES string of the molecule is CC(=O)CC1=C(CCC(=O)CC2(C)OCCO2)C(=O)c2c(O)cccc2C1=O. The number of carbonyl (C=O) groups is 4. The van der Waals surface area contributed by atoms with Gasteiger partial charge in [-0.25, -0.2) is 0 Å². The molecule has 0 radical (unpaired) electrons. The summed E-state index contributed by atoms with van der Waals surface area (Å²) in [5.74, 6) is -2.67. The maximum atomic E-state index is 13.0. The molecule has 28 heavy (non-hydrogen) atoms. The van der Waals surface area contributed by atoms with Crippen molar-refractivity contribution in [1.29, 1.82) is 0 Å². The molecule has 148 valence electrons. The number of fused-ring (bicyclic) bond motifs is 1. The van der Waals surface area contributed by atoms with Gasteiger partial charge >= 0.3 is 0 Å². The van der Waals surface area contributed by atoms with Gasteiger partial charge in [0, 0.05) is 29.6 Å². The molecule has 1 aromatic carbocycles. The lowest BCUT2D eigenvalue weighted by atomic mass is 9.80. The van der Waals surface area contributed by atoms with E-state index in [-0.39, 0.29) is 65.3 Å². The average Bonchev–Trinajstić information content (AvgIpc) is 3.04. The van der Waals surface area contributed by atoms with Crippen LogP contribution in [0.3, 0.4) is 0 Å². The Hall–Kier alpha value is -2.64. The summed E-state index contributed by atoms with van der Waals surface area (Å²) in [5.41, 5.74) is 0.220. The van der Waals surface area contributed by atoms with E-state index in [0.29, 0.717) is 13.2 Å². The van der Waals surface area contributed by atoms with E-state index < -0.39 is 17.4 Å². The number of aromatic hydroxyl groups is 1. The number of allylic oxidation sites excluding steroid dienone is 2. The van der Waals surface area contributed by atoms with Crippen molar-refractivity contribution in [2.24, 2.45) is 0 Å². The highest BCUT2D eigenvalue weighted by Gasteiger charge is 2.36. The average molecular weight is 386 g/mol. The van der Waals surface area contributed by atoms with Crippen LogP contribution in [0.15, 0.2) is 29.3 Å². The number of rotatable bonds is 7. The molecule has 1 fully saturated rings. The van der Waals surface area contributed by atoms with Crippen molar-refractivity contribution in [2.75, 3.05) is 13.2 Å². The van der Waals surface area contributed by atoms with Crippen LogP contribution in [0.2, 0.25) is 0 Å². The molecule has 0 atom stereocenters. The first-order valence-corrected chi connectivity index (χ1v) is 9.14. The van der Waals surface area contributed by atoms with Crippen molar-refractivity contribution in [3.63, 3.8) is 0 Å². The Morgan fingerprint density at radius 1 is 1.11 bits per heavy atom. The third-order valence-corrected chi connectivity index (χ3v) is 4.92. The molecule has 0 saturated carbocycles. The molecule has 0 bridgehead atoms. The van der Waals surface area contributed by atoms with Crippen molar-refractivity contribution >= 4 is 23.1 Å². The van der Waals surface area contributed by atoms with Crippen molar-refractivity contribution in [3.8, 4) is 5.75 Å². The highest BCUT2D eigenvalue weighted by Crippen LogP contribution is 2.35. The quantitative estimate of drug-likeness (QED) is 0.767. The van der Waals surface area contributed by atoms with Crippen molar-refractivity contribution in [1.82, 2.24) is 0 Å². The van der Waals surface area contributed by atoms with Gasteiger partial charge < -0.3 is 14.6 Å². The number of hydrogen-bond donors (Lipinski definition) is 1. The number of carbonyl (C=O) groups excluding carboxylic acids is 4. The Morgan fingerprint density at radius 2 is 1.79 bits per heavy atom. The lowest BCUT2D eigenvalue weighted by Crippen LogP contribution is -2.29. The molecule has 2 aliphatic rings. The number of ketones is 4. The first kappa shape index (κ1) is 20.1. The molecule has 0 unspecified atom stereocenters. The molecular weight excluding hydrogens is 364 g/mol. The molecule has 1 saturated heterocycles. The summed E-state index contributed by atoms with van der Waals surface area (Å²) in [6, 6.07) is 4.26. The first-order chi connectivity index (χ1) is 13.2. The zero-order valence-corrected chi connectivity index (χ0v) is 15.9. The van der Waals surface area contributed by atoms with Gasteiger partial charge in [0.15, 0.2) is 17.4 Å². The molecular formula is C21H22O7. The molecule has 0 aromatic heterocycles. The topological polar surface area (TPSA) is 107 Å². The molecule has 7 heteroatoms. The summed E-state index contributed by atoms with van der Waals surface area (Å²) < 4.78 is 10.8. The summed E-state index contributed by atoms with van der Waals surface area (Å²) >= 11 is 0. The van der Waals surface area contributed by atoms with Crippen LogP contribution in [0, 0.1) is 0 Å². The van der Waals surface area contributed by atoms with Crippen molar-refractivity contribution in [2.45, 2.75) is 45.3 Å². The van der Waals surface area contributed by atoms with Gasteiger partial charge in [0.1, 0.15) is 17.3 Å². The highest BCUT2D eigenvalue weighted by molar-refractivity contribution is 6.28. The van der Waals surface area contributed by atoms with Crippen LogP contribution in [0.1, 0.15) is 60.2 Å². The van der Waals surface area contributed by atoms with Gasteiger partial charge in [-0.2, -0.15) is 0 Å². The number of hydrogen-bond acceptors (Lipinski definition) is 7. The fourth-order valence-corrected chi connectivity index (χ4v) is 3.63. The molecule has 3 rings (SSSR count). The number of phenolic OH excluding ortho intramolecular Hbond substituents is 1. The van der Waals surface area contributed by atoms with Gasteiger partial charge in [-0.05, 0) is 26.3 Å². The van der Waals surface area contributed by atoms with E-state index in [1.165, 1.54) is 25.1 Å². The minimum atomic E-state index is -0.967. The number of phenols is 1. The van der Waals surface area contributed by atoms with Crippen molar-refractivity contribution in [3.05, 3.63) is 40.5 Å². The fourth-order valence-electron chi connectivity index (χ4n) is 3.63. The maximum Gasteiger partial charge on any atom is 0.193 e. The summed E-state index contributed by atoms with van der Waals surface area (Å²) in [7, 11) is 0. The summed E-state index contributed by atoms with van der Waals surface area (Å²) in [6.45, 7) is 3.85. The summed E-state index contributed by atoms with van der Waals surface area (Å²) in [5, 5.41) is 10.1. The third kappa shape index (κ3) is 3.95. The van der Waals surface area contributed by atoms with Crippen LogP contribution in [0.5, 0.6) is 5.75 Å². The molecule has 0 amide bonds. The number of ether oxygens (including phenoxy) is 2. The molecule has 1 aromatic rings. The van der Waals surface area contributed by atoms with E-state index >= 15 is 0 Å². The molecule has 1 aliphatic carbocycles. The second-order valence-electron chi connectivity index (χ2n) is 7.24. The van der Waals surface area contributed by atoms with Gasteiger partial charge in [0.2, 0.25) is 0 Å². The second-order valence-corrected chi connectivity index (χ2v) is 7.24. The zero-order chi connectivity index (χ0) is 20.5. The predicted octanol–water partition coefficient (Wildman–Crippen LogP) is 2.55. The lowest BCUT2D eigenvalue weighted by Gasteiger charge is -2.23. The molecule has 1 heterocycles. The second kappa shape index (κ2) is 7.77. The van der Waals surface area contributed by atoms with Crippen LogP contribution < -0.4 is 0 Å².